The number of aliphatic hydroxyl groups is 1. The van der Waals surface area contributed by atoms with Crippen molar-refractivity contribution in [2.45, 2.75) is 30.7 Å². The van der Waals surface area contributed by atoms with Crippen molar-refractivity contribution in [2.24, 2.45) is 5.73 Å². The minimum Gasteiger partial charge on any atom is -0.381 e. The Labute approximate surface area is 148 Å². The first-order valence-corrected chi connectivity index (χ1v) is 9.07. The first-order chi connectivity index (χ1) is 11.9. The molecule has 0 aliphatic heterocycles. The normalized spacial score (nSPS) is 14.8. The van der Waals surface area contributed by atoms with E-state index in [1.165, 1.54) is 6.33 Å². The zero-order valence-corrected chi connectivity index (χ0v) is 14.9. The number of sulfone groups is 1. The van der Waals surface area contributed by atoms with E-state index in [4.69, 9.17) is 5.73 Å². The maximum atomic E-state index is 14.4. The van der Waals surface area contributed by atoms with Crippen molar-refractivity contribution in [1.82, 2.24) is 14.8 Å². The Balaban J connectivity index is 2.69. The van der Waals surface area contributed by atoms with Crippen LogP contribution in [0.15, 0.2) is 30.9 Å². The SMILES string of the molecule is CC(C)([C@](O)(Cn1cncn1)c1ccc(F)cc1F)S(=O)(=O)CC(N)=O. The smallest absolute Gasteiger partial charge is 0.232 e. The second kappa shape index (κ2) is 6.72. The molecule has 1 heterocycles. The molecule has 0 aliphatic carbocycles. The molecule has 0 unspecified atom stereocenters. The minimum atomic E-state index is -4.34. The molecule has 2 rings (SSSR count). The van der Waals surface area contributed by atoms with Crippen molar-refractivity contribution >= 4 is 15.7 Å². The van der Waals surface area contributed by atoms with E-state index in [2.05, 4.69) is 10.1 Å². The fourth-order valence-corrected chi connectivity index (χ4v) is 4.02. The molecule has 0 radical (unpaired) electrons. The number of aromatic nitrogens is 3. The van der Waals surface area contributed by atoms with Gasteiger partial charge in [0.15, 0.2) is 9.84 Å². The zero-order valence-electron chi connectivity index (χ0n) is 14.1. The van der Waals surface area contributed by atoms with Crippen molar-refractivity contribution in [3.05, 3.63) is 48.1 Å². The standard InChI is InChI=1S/C15H18F2N4O4S/c1-14(2,26(24,25)6-13(18)22)15(23,7-21-9-19-8-20-21)11-4-3-10(16)5-12(11)17/h3-5,8-9,23H,6-7H2,1-2H3,(H2,18,22)/t15-/m0/s1. The maximum absolute atomic E-state index is 14.4. The maximum Gasteiger partial charge on any atom is 0.232 e. The van der Waals surface area contributed by atoms with E-state index in [9.17, 15) is 27.1 Å². The molecule has 0 saturated carbocycles. The highest BCUT2D eigenvalue weighted by Gasteiger charge is 2.55. The monoisotopic (exact) mass is 388 g/mol. The van der Waals surface area contributed by atoms with E-state index in [1.54, 1.807) is 0 Å². The number of amides is 1. The van der Waals surface area contributed by atoms with Crippen molar-refractivity contribution in [2.75, 3.05) is 5.75 Å². The Morgan fingerprint density at radius 2 is 2.00 bits per heavy atom. The lowest BCUT2D eigenvalue weighted by Crippen LogP contribution is -2.57. The van der Waals surface area contributed by atoms with Crippen LogP contribution in [0.4, 0.5) is 8.78 Å². The van der Waals surface area contributed by atoms with Crippen LogP contribution in [0.3, 0.4) is 0 Å². The summed E-state index contributed by atoms with van der Waals surface area (Å²) in [4.78, 5) is 14.9. The van der Waals surface area contributed by atoms with Crippen LogP contribution in [-0.2, 0) is 26.8 Å². The van der Waals surface area contributed by atoms with Crippen LogP contribution in [0.2, 0.25) is 0 Å². The lowest BCUT2D eigenvalue weighted by molar-refractivity contribution is -0.115. The van der Waals surface area contributed by atoms with Crippen molar-refractivity contribution < 1.29 is 27.1 Å². The summed E-state index contributed by atoms with van der Waals surface area (Å²) >= 11 is 0. The summed E-state index contributed by atoms with van der Waals surface area (Å²) in [5, 5.41) is 15.1. The molecule has 11 heteroatoms. The molecule has 1 aromatic heterocycles. The summed E-state index contributed by atoms with van der Waals surface area (Å²) in [6.07, 6.45) is 2.34. The second-order valence-electron chi connectivity index (χ2n) is 6.31. The molecule has 142 valence electrons. The summed E-state index contributed by atoms with van der Waals surface area (Å²) in [6, 6.07) is 2.36. The quantitative estimate of drug-likeness (QED) is 0.693. The van der Waals surface area contributed by atoms with Gasteiger partial charge in [-0.2, -0.15) is 5.10 Å². The van der Waals surface area contributed by atoms with Crippen molar-refractivity contribution in [3.63, 3.8) is 0 Å². The van der Waals surface area contributed by atoms with Crippen molar-refractivity contribution in [3.8, 4) is 0 Å². The molecule has 0 fully saturated rings. The number of halogens is 2. The van der Waals surface area contributed by atoms with Gasteiger partial charge in [-0.05, 0) is 19.9 Å². The number of nitrogens with zero attached hydrogens (tertiary/aromatic N) is 3. The Hall–Kier alpha value is -2.40. The first kappa shape index (κ1) is 19.9. The number of carbonyl (C=O) groups is 1. The van der Waals surface area contributed by atoms with Gasteiger partial charge >= 0.3 is 0 Å². The van der Waals surface area contributed by atoms with Gasteiger partial charge in [0.1, 0.15) is 40.4 Å². The number of hydrogen-bond donors (Lipinski definition) is 2. The Morgan fingerprint density at radius 3 is 2.50 bits per heavy atom. The van der Waals surface area contributed by atoms with Gasteiger partial charge in [-0.3, -0.25) is 4.79 Å². The van der Waals surface area contributed by atoms with E-state index in [-0.39, 0.29) is 0 Å². The van der Waals surface area contributed by atoms with Gasteiger partial charge in [-0.15, -0.1) is 0 Å². The molecular weight excluding hydrogens is 370 g/mol. The third-order valence-electron chi connectivity index (χ3n) is 4.34. The third-order valence-corrected chi connectivity index (χ3v) is 6.90. The van der Waals surface area contributed by atoms with E-state index in [0.29, 0.717) is 6.07 Å². The Kier molecular flexibility index (Phi) is 5.15. The molecule has 0 spiro atoms. The van der Waals surface area contributed by atoms with E-state index < -0.39 is 55.6 Å². The van der Waals surface area contributed by atoms with Gasteiger partial charge in [-0.1, -0.05) is 6.07 Å². The number of nitrogens with two attached hydrogens (primary N) is 1. The topological polar surface area (TPSA) is 128 Å². The van der Waals surface area contributed by atoms with Crippen LogP contribution in [0.5, 0.6) is 0 Å². The molecule has 3 N–H and O–H groups in total. The fourth-order valence-electron chi connectivity index (χ4n) is 2.60. The third kappa shape index (κ3) is 3.44. The van der Waals surface area contributed by atoms with Crippen LogP contribution >= 0.6 is 0 Å². The Morgan fingerprint density at radius 1 is 1.35 bits per heavy atom. The van der Waals surface area contributed by atoms with E-state index >= 15 is 0 Å². The second-order valence-corrected chi connectivity index (χ2v) is 8.85. The number of rotatable bonds is 7. The van der Waals surface area contributed by atoms with Gasteiger partial charge in [-0.25, -0.2) is 26.9 Å². The molecule has 1 aromatic carbocycles. The molecule has 0 aliphatic rings. The van der Waals surface area contributed by atoms with Crippen LogP contribution in [0.1, 0.15) is 19.4 Å². The molecule has 8 nitrogen and oxygen atoms in total. The average Bonchev–Trinajstić information content (AvgIpc) is 2.97. The number of primary amides is 1. The number of carbonyl (C=O) groups excluding carboxylic acids is 1. The first-order valence-electron chi connectivity index (χ1n) is 7.41. The van der Waals surface area contributed by atoms with Gasteiger partial charge in [0, 0.05) is 11.6 Å². The summed E-state index contributed by atoms with van der Waals surface area (Å²) in [5.41, 5.74) is 2.12. The molecular formula is C15H18F2N4O4S. The van der Waals surface area contributed by atoms with Gasteiger partial charge in [0.05, 0.1) is 6.54 Å². The highest BCUT2D eigenvalue weighted by atomic mass is 32.2. The largest absolute Gasteiger partial charge is 0.381 e. The van der Waals surface area contributed by atoms with Gasteiger partial charge in [0.25, 0.3) is 0 Å². The molecule has 26 heavy (non-hydrogen) atoms. The van der Waals surface area contributed by atoms with Crippen LogP contribution in [-0.4, -0.2) is 44.7 Å². The molecule has 1 amide bonds. The van der Waals surface area contributed by atoms with Gasteiger partial charge < -0.3 is 10.8 Å². The molecule has 1 atom stereocenters. The predicted molar refractivity (Wildman–Crippen MR) is 87.3 cm³/mol. The molecule has 0 bridgehead atoms. The summed E-state index contributed by atoms with van der Waals surface area (Å²) in [5.74, 6) is -4.22. The fraction of sp³-hybridized carbons (Fsp3) is 0.400. The van der Waals surface area contributed by atoms with Crippen LogP contribution in [0, 0.1) is 11.6 Å². The number of benzene rings is 1. The Bertz CT molecular complexity index is 916. The van der Waals surface area contributed by atoms with Crippen LogP contribution < -0.4 is 5.73 Å². The molecule has 0 saturated heterocycles. The van der Waals surface area contributed by atoms with E-state index in [1.807, 2.05) is 0 Å². The summed E-state index contributed by atoms with van der Waals surface area (Å²) in [7, 11) is -4.34. The summed E-state index contributed by atoms with van der Waals surface area (Å²) in [6.45, 7) is 1.75. The predicted octanol–water partition coefficient (Wildman–Crippen LogP) is 0.123. The minimum absolute atomic E-state index is 0.465. The lowest BCUT2D eigenvalue weighted by Gasteiger charge is -2.42. The summed E-state index contributed by atoms with van der Waals surface area (Å²) < 4.78 is 52.1. The lowest BCUT2D eigenvalue weighted by atomic mass is 9.82. The average molecular weight is 388 g/mol. The highest BCUT2D eigenvalue weighted by Crippen LogP contribution is 2.41. The van der Waals surface area contributed by atoms with Gasteiger partial charge in [0.2, 0.25) is 5.91 Å². The number of hydrogen-bond acceptors (Lipinski definition) is 6. The zero-order chi connectivity index (χ0) is 19.8. The van der Waals surface area contributed by atoms with E-state index in [0.717, 1.165) is 37.0 Å². The van der Waals surface area contributed by atoms with Crippen molar-refractivity contribution in [1.29, 1.82) is 0 Å². The molecule has 2 aromatic rings. The highest BCUT2D eigenvalue weighted by molar-refractivity contribution is 7.93. The van der Waals surface area contributed by atoms with Crippen LogP contribution in [0.25, 0.3) is 0 Å².